The summed E-state index contributed by atoms with van der Waals surface area (Å²) < 4.78 is 9.09. The zero-order chi connectivity index (χ0) is 37.8. The molecular weight excluding hydrogens is 661 g/mol. The average Bonchev–Trinajstić information content (AvgIpc) is 3.78. The van der Waals surface area contributed by atoms with Crippen molar-refractivity contribution in [3.8, 4) is 17.3 Å². The number of para-hydroxylation sites is 1. The van der Waals surface area contributed by atoms with Gasteiger partial charge in [-0.3, -0.25) is 4.57 Å². The number of hydrogen-bond donors (Lipinski definition) is 0. The number of hydrogen-bond acceptors (Lipinski definition) is 4. The van der Waals surface area contributed by atoms with Crippen molar-refractivity contribution in [1.82, 2.24) is 9.55 Å². The first-order chi connectivity index (χ1) is 25.8. The molecule has 0 saturated carbocycles. The van der Waals surface area contributed by atoms with Gasteiger partial charge in [-0.15, -0.1) is 0 Å². The van der Waals surface area contributed by atoms with E-state index in [1.54, 1.807) is 0 Å². The van der Waals surface area contributed by atoms with Gasteiger partial charge in [-0.05, 0) is 87.7 Å². The zero-order valence-corrected chi connectivity index (χ0v) is 32.8. The van der Waals surface area contributed by atoms with Crippen LogP contribution in [0.15, 0.2) is 146 Å². The Bertz CT molecular complexity index is 2510. The van der Waals surface area contributed by atoms with Crippen molar-refractivity contribution in [2.45, 2.75) is 71.6 Å². The third kappa shape index (κ3) is 6.64. The number of fused-ring (bicyclic) bond motifs is 3. The lowest BCUT2D eigenvalue weighted by Gasteiger charge is -2.26. The largest absolute Gasteiger partial charge is 0.457 e. The smallest absolute Gasteiger partial charge is 0.137 e. The minimum Gasteiger partial charge on any atom is -0.457 e. The van der Waals surface area contributed by atoms with Crippen LogP contribution in [-0.4, -0.2) is 16.2 Å². The van der Waals surface area contributed by atoms with Gasteiger partial charge in [-0.2, -0.15) is 0 Å². The van der Waals surface area contributed by atoms with Crippen molar-refractivity contribution in [2.75, 3.05) is 16.5 Å². The summed E-state index contributed by atoms with van der Waals surface area (Å²) in [7, 11) is 0. The van der Waals surface area contributed by atoms with Crippen LogP contribution >= 0.6 is 0 Å². The van der Waals surface area contributed by atoms with Gasteiger partial charge in [0.15, 0.2) is 0 Å². The quantitative estimate of drug-likeness (QED) is 0.165. The van der Waals surface area contributed by atoms with Crippen molar-refractivity contribution in [1.29, 1.82) is 0 Å². The van der Waals surface area contributed by atoms with Crippen LogP contribution in [0.2, 0.25) is 0 Å². The molecule has 54 heavy (non-hydrogen) atoms. The summed E-state index contributed by atoms with van der Waals surface area (Å²) in [6.07, 6.45) is 6.27. The summed E-state index contributed by atoms with van der Waals surface area (Å²) in [6.45, 7) is 18.8. The molecule has 0 amide bonds. The molecule has 0 aliphatic carbocycles. The fraction of sp³-hybridized carbons (Fsp3) is 0.245. The van der Waals surface area contributed by atoms with E-state index < -0.39 is 0 Å². The second kappa shape index (κ2) is 13.2. The van der Waals surface area contributed by atoms with Crippen LogP contribution in [0.3, 0.4) is 0 Å². The van der Waals surface area contributed by atoms with E-state index in [-0.39, 0.29) is 16.2 Å². The van der Waals surface area contributed by atoms with Gasteiger partial charge in [0, 0.05) is 58.3 Å². The number of anilines is 2. The minimum absolute atomic E-state index is 0.0706. The predicted molar refractivity (Wildman–Crippen MR) is 226 cm³/mol. The maximum atomic E-state index is 6.81. The van der Waals surface area contributed by atoms with Crippen molar-refractivity contribution < 1.29 is 4.74 Å². The molecule has 0 fully saturated rings. The highest BCUT2D eigenvalue weighted by Gasteiger charge is 2.25. The molecule has 1 aliphatic rings. The van der Waals surface area contributed by atoms with E-state index >= 15 is 0 Å². The standard InChI is InChI=1S/C49H50N4O/c1-47(2,3)35-17-14-18-38(27-35)51-25-26-52(33-51)39-28-37(48(4,5)6)29-41(31-39)54-40-21-22-43-42-19-12-13-20-44(42)53(45(43)32-40)46-30-36(23-24-50-46)49(7,8)34-15-10-9-11-16-34/h9-32H,33H2,1-8H3. The van der Waals surface area contributed by atoms with Crippen LogP contribution in [0, 0.1) is 0 Å². The molecule has 7 aromatic rings. The summed E-state index contributed by atoms with van der Waals surface area (Å²) in [5.41, 5.74) is 9.30. The average molecular weight is 711 g/mol. The number of nitrogens with zero attached hydrogens (tertiary/aromatic N) is 4. The van der Waals surface area contributed by atoms with E-state index in [1.807, 2.05) is 6.20 Å². The maximum Gasteiger partial charge on any atom is 0.137 e. The Morgan fingerprint density at radius 3 is 1.93 bits per heavy atom. The first-order valence-electron chi connectivity index (χ1n) is 19.0. The number of rotatable bonds is 7. The van der Waals surface area contributed by atoms with Crippen molar-refractivity contribution >= 4 is 33.2 Å². The van der Waals surface area contributed by atoms with Crippen LogP contribution in [0.25, 0.3) is 27.6 Å². The van der Waals surface area contributed by atoms with Gasteiger partial charge in [0.05, 0.1) is 17.7 Å². The molecule has 272 valence electrons. The van der Waals surface area contributed by atoms with Crippen LogP contribution < -0.4 is 14.5 Å². The fourth-order valence-corrected chi connectivity index (χ4v) is 7.49. The van der Waals surface area contributed by atoms with Crippen LogP contribution in [-0.2, 0) is 16.2 Å². The molecule has 0 unspecified atom stereocenters. The highest BCUT2D eigenvalue weighted by molar-refractivity contribution is 6.09. The molecule has 0 spiro atoms. The molecule has 0 radical (unpaired) electrons. The van der Waals surface area contributed by atoms with Gasteiger partial charge < -0.3 is 14.5 Å². The van der Waals surface area contributed by atoms with Crippen molar-refractivity contribution in [3.05, 3.63) is 168 Å². The third-order valence-electron chi connectivity index (χ3n) is 10.9. The monoisotopic (exact) mass is 710 g/mol. The lowest BCUT2D eigenvalue weighted by Crippen LogP contribution is -2.25. The summed E-state index contributed by atoms with van der Waals surface area (Å²) in [5.74, 6) is 2.47. The zero-order valence-electron chi connectivity index (χ0n) is 32.8. The van der Waals surface area contributed by atoms with Gasteiger partial charge in [0.1, 0.15) is 17.3 Å². The Labute approximate surface area is 320 Å². The minimum atomic E-state index is -0.195. The molecule has 5 aromatic carbocycles. The number of pyridine rings is 1. The Balaban J connectivity index is 1.16. The Morgan fingerprint density at radius 2 is 1.17 bits per heavy atom. The molecule has 5 nitrogen and oxygen atoms in total. The topological polar surface area (TPSA) is 33.5 Å². The second-order valence-electron chi connectivity index (χ2n) is 17.2. The summed E-state index contributed by atoms with van der Waals surface area (Å²) in [5, 5.41) is 2.35. The molecule has 0 bridgehead atoms. The van der Waals surface area contributed by atoms with Crippen LogP contribution in [0.4, 0.5) is 11.4 Å². The Kier molecular flexibility index (Phi) is 8.64. The molecule has 3 heterocycles. The SMILES string of the molecule is CC(C)(C)c1cccc(N2C=CN(c3cc(Oc4ccc5c6ccccc6n(-c6cc(C(C)(C)c7ccccc7)ccn6)c5c4)cc(C(C)(C)C)c3)C2)c1. The first-order valence-corrected chi connectivity index (χ1v) is 19.0. The van der Waals surface area contributed by atoms with E-state index in [0.29, 0.717) is 0 Å². The van der Waals surface area contributed by atoms with E-state index in [4.69, 9.17) is 9.72 Å². The third-order valence-corrected chi connectivity index (χ3v) is 10.9. The lowest BCUT2D eigenvalue weighted by molar-refractivity contribution is 0.479. The maximum absolute atomic E-state index is 6.81. The van der Waals surface area contributed by atoms with E-state index in [1.165, 1.54) is 33.3 Å². The van der Waals surface area contributed by atoms with E-state index in [9.17, 15) is 0 Å². The Morgan fingerprint density at radius 1 is 0.500 bits per heavy atom. The number of benzene rings is 5. The summed E-state index contributed by atoms with van der Waals surface area (Å²) in [4.78, 5) is 9.54. The highest BCUT2D eigenvalue weighted by Crippen LogP contribution is 2.39. The van der Waals surface area contributed by atoms with Crippen LogP contribution in [0.5, 0.6) is 11.5 Å². The molecule has 1 aliphatic heterocycles. The van der Waals surface area contributed by atoms with Crippen molar-refractivity contribution in [3.63, 3.8) is 0 Å². The number of aromatic nitrogens is 2. The lowest BCUT2D eigenvalue weighted by atomic mass is 9.78. The molecule has 0 saturated heterocycles. The second-order valence-corrected chi connectivity index (χ2v) is 17.2. The summed E-state index contributed by atoms with van der Waals surface area (Å²) >= 11 is 0. The molecule has 0 atom stereocenters. The molecule has 0 N–H and O–H groups in total. The first kappa shape index (κ1) is 35.2. The molecular formula is C49H50N4O. The predicted octanol–water partition coefficient (Wildman–Crippen LogP) is 12.6. The molecule has 8 rings (SSSR count). The van der Waals surface area contributed by atoms with E-state index in [0.717, 1.165) is 46.1 Å². The normalized spacial score (nSPS) is 13.7. The van der Waals surface area contributed by atoms with Gasteiger partial charge in [0.2, 0.25) is 0 Å². The van der Waals surface area contributed by atoms with E-state index in [2.05, 4.69) is 210 Å². The van der Waals surface area contributed by atoms with Crippen molar-refractivity contribution in [2.24, 2.45) is 0 Å². The fourth-order valence-electron chi connectivity index (χ4n) is 7.49. The highest BCUT2D eigenvalue weighted by atomic mass is 16.5. The summed E-state index contributed by atoms with van der Waals surface area (Å²) in [6, 6.07) is 45.6. The molecule has 2 aromatic heterocycles. The van der Waals surface area contributed by atoms with Gasteiger partial charge in [-0.1, -0.05) is 116 Å². The van der Waals surface area contributed by atoms with Gasteiger partial charge in [0.25, 0.3) is 0 Å². The van der Waals surface area contributed by atoms with Crippen LogP contribution in [0.1, 0.15) is 77.6 Å². The molecule has 5 heteroatoms. The Hall–Kier alpha value is -5.81. The van der Waals surface area contributed by atoms with Gasteiger partial charge >= 0.3 is 0 Å². The van der Waals surface area contributed by atoms with Gasteiger partial charge in [-0.25, -0.2) is 4.98 Å². The number of ether oxygens (including phenoxy) is 1.